The van der Waals surface area contributed by atoms with Crippen molar-refractivity contribution in [3.05, 3.63) is 21.9 Å². The molecule has 0 aromatic carbocycles. The highest BCUT2D eigenvalue weighted by atomic mass is 32.1. The van der Waals surface area contributed by atoms with Crippen LogP contribution in [-0.2, 0) is 0 Å². The molecule has 2 atom stereocenters. The lowest BCUT2D eigenvalue weighted by molar-refractivity contribution is 0.713. The van der Waals surface area contributed by atoms with Gasteiger partial charge in [0.15, 0.2) is 0 Å². The van der Waals surface area contributed by atoms with Crippen molar-refractivity contribution >= 4 is 24.0 Å². The molecular formula is C10H10N2S2. The molecule has 0 saturated heterocycles. The van der Waals surface area contributed by atoms with Crippen molar-refractivity contribution in [3.63, 3.8) is 0 Å². The fraction of sp³-hybridized carbons (Fsp3) is 0.400. The van der Waals surface area contributed by atoms with Crippen LogP contribution in [-0.4, -0.2) is 5.25 Å². The zero-order chi connectivity index (χ0) is 10.6. The number of thiol groups is 1. The van der Waals surface area contributed by atoms with E-state index >= 15 is 0 Å². The van der Waals surface area contributed by atoms with E-state index in [2.05, 4.69) is 24.8 Å². The van der Waals surface area contributed by atoms with Crippen LogP contribution in [0.3, 0.4) is 0 Å². The highest BCUT2D eigenvalue weighted by Gasteiger charge is 2.18. The van der Waals surface area contributed by atoms with E-state index in [0.717, 1.165) is 4.88 Å². The molecule has 0 N–H and O–H groups in total. The Labute approximate surface area is 93.2 Å². The first-order valence-corrected chi connectivity index (χ1v) is 5.62. The minimum Gasteiger partial charge on any atom is -0.198 e. The third-order valence-electron chi connectivity index (χ3n) is 2.01. The second kappa shape index (κ2) is 5.05. The van der Waals surface area contributed by atoms with Gasteiger partial charge in [-0.25, -0.2) is 0 Å². The summed E-state index contributed by atoms with van der Waals surface area (Å²) in [6.45, 7) is 1.97. The van der Waals surface area contributed by atoms with Crippen molar-refractivity contribution in [2.45, 2.75) is 24.5 Å². The largest absolute Gasteiger partial charge is 0.198 e. The first-order chi connectivity index (χ1) is 6.69. The second-order valence-electron chi connectivity index (χ2n) is 3.06. The molecule has 4 heteroatoms. The van der Waals surface area contributed by atoms with Gasteiger partial charge in [-0.05, 0) is 6.07 Å². The summed E-state index contributed by atoms with van der Waals surface area (Å²) in [5.41, 5.74) is 0.668. The Hall–Kier alpha value is -0.970. The molecule has 0 saturated carbocycles. The van der Waals surface area contributed by atoms with Crippen LogP contribution in [0, 0.1) is 22.7 Å². The standard InChI is InChI=1S/C10H10N2S2/c1-7(13)9(2-3-11)10-4-8(5-12)6-14-10/h4,6-7,9,13H,2H2,1H3. The van der Waals surface area contributed by atoms with E-state index in [4.69, 9.17) is 10.5 Å². The lowest BCUT2D eigenvalue weighted by Gasteiger charge is -2.14. The van der Waals surface area contributed by atoms with E-state index < -0.39 is 0 Å². The molecule has 0 radical (unpaired) electrons. The Morgan fingerprint density at radius 2 is 2.29 bits per heavy atom. The molecule has 0 fully saturated rings. The lowest BCUT2D eigenvalue weighted by Crippen LogP contribution is -2.06. The van der Waals surface area contributed by atoms with Gasteiger partial charge in [0, 0.05) is 27.8 Å². The monoisotopic (exact) mass is 222 g/mol. The van der Waals surface area contributed by atoms with E-state index in [0.29, 0.717) is 12.0 Å². The highest BCUT2D eigenvalue weighted by Crippen LogP contribution is 2.31. The molecule has 1 aromatic heterocycles. The summed E-state index contributed by atoms with van der Waals surface area (Å²) in [5.74, 6) is 0.135. The SMILES string of the molecule is CC(S)C(CC#N)c1cc(C#N)cs1. The van der Waals surface area contributed by atoms with Crippen LogP contribution in [0.5, 0.6) is 0 Å². The van der Waals surface area contributed by atoms with Gasteiger partial charge in [-0.2, -0.15) is 23.2 Å². The lowest BCUT2D eigenvalue weighted by atomic mass is 10.0. The molecule has 0 aliphatic carbocycles. The fourth-order valence-corrected chi connectivity index (χ4v) is 2.62. The van der Waals surface area contributed by atoms with Crippen LogP contribution >= 0.6 is 24.0 Å². The summed E-state index contributed by atoms with van der Waals surface area (Å²) >= 11 is 5.88. The Kier molecular flexibility index (Phi) is 4.00. The van der Waals surface area contributed by atoms with Crippen molar-refractivity contribution in [1.29, 1.82) is 10.5 Å². The molecule has 1 rings (SSSR count). The number of thiophene rings is 1. The van der Waals surface area contributed by atoms with Crippen LogP contribution < -0.4 is 0 Å². The summed E-state index contributed by atoms with van der Waals surface area (Å²) in [5, 5.41) is 19.3. The normalized spacial score (nSPS) is 14.0. The highest BCUT2D eigenvalue weighted by molar-refractivity contribution is 7.81. The van der Waals surface area contributed by atoms with Crippen molar-refractivity contribution in [2.24, 2.45) is 0 Å². The maximum atomic E-state index is 8.67. The van der Waals surface area contributed by atoms with Gasteiger partial charge in [0.1, 0.15) is 6.07 Å². The third kappa shape index (κ3) is 2.51. The average molecular weight is 222 g/mol. The average Bonchev–Trinajstić information content (AvgIpc) is 2.61. The number of nitriles is 2. The van der Waals surface area contributed by atoms with Gasteiger partial charge in [-0.3, -0.25) is 0 Å². The molecule has 14 heavy (non-hydrogen) atoms. The van der Waals surface area contributed by atoms with Crippen molar-refractivity contribution in [3.8, 4) is 12.1 Å². The quantitative estimate of drug-likeness (QED) is 0.799. The van der Waals surface area contributed by atoms with E-state index in [1.807, 2.05) is 18.4 Å². The van der Waals surface area contributed by atoms with Gasteiger partial charge in [0.2, 0.25) is 0 Å². The van der Waals surface area contributed by atoms with Crippen LogP contribution in [0.4, 0.5) is 0 Å². The minimum absolute atomic E-state index is 0.135. The van der Waals surface area contributed by atoms with E-state index in [-0.39, 0.29) is 11.2 Å². The summed E-state index contributed by atoms with van der Waals surface area (Å²) in [4.78, 5) is 1.07. The predicted octanol–water partition coefficient (Wildman–Crippen LogP) is 2.94. The fourth-order valence-electron chi connectivity index (χ4n) is 1.21. The molecule has 1 aromatic rings. The van der Waals surface area contributed by atoms with Gasteiger partial charge >= 0.3 is 0 Å². The van der Waals surface area contributed by atoms with Crippen molar-refractivity contribution < 1.29 is 0 Å². The topological polar surface area (TPSA) is 47.6 Å². The third-order valence-corrected chi connectivity index (χ3v) is 3.43. The van der Waals surface area contributed by atoms with Gasteiger partial charge in [-0.1, -0.05) is 6.92 Å². The summed E-state index contributed by atoms with van der Waals surface area (Å²) in [6, 6.07) is 6.08. The Morgan fingerprint density at radius 1 is 1.57 bits per heavy atom. The van der Waals surface area contributed by atoms with Crippen LogP contribution in [0.15, 0.2) is 11.4 Å². The molecule has 72 valence electrons. The molecule has 2 nitrogen and oxygen atoms in total. The summed E-state index contributed by atoms with van der Waals surface area (Å²) in [7, 11) is 0. The Morgan fingerprint density at radius 3 is 2.71 bits per heavy atom. The van der Waals surface area contributed by atoms with E-state index in [9.17, 15) is 0 Å². The van der Waals surface area contributed by atoms with Crippen molar-refractivity contribution in [1.82, 2.24) is 0 Å². The van der Waals surface area contributed by atoms with E-state index in [1.54, 1.807) is 0 Å². The van der Waals surface area contributed by atoms with Gasteiger partial charge in [0.05, 0.1) is 11.6 Å². The number of hydrogen-bond donors (Lipinski definition) is 1. The molecular weight excluding hydrogens is 212 g/mol. The summed E-state index contributed by atoms with van der Waals surface area (Å²) in [6.07, 6.45) is 0.454. The number of hydrogen-bond acceptors (Lipinski definition) is 4. The maximum Gasteiger partial charge on any atom is 0.100 e. The summed E-state index contributed by atoms with van der Waals surface area (Å²) < 4.78 is 0. The van der Waals surface area contributed by atoms with Crippen LogP contribution in [0.2, 0.25) is 0 Å². The molecule has 0 aliphatic heterocycles. The molecule has 0 bridgehead atoms. The zero-order valence-corrected chi connectivity index (χ0v) is 9.48. The van der Waals surface area contributed by atoms with Crippen molar-refractivity contribution in [2.75, 3.05) is 0 Å². The van der Waals surface area contributed by atoms with Gasteiger partial charge in [0.25, 0.3) is 0 Å². The molecule has 0 amide bonds. The molecule has 2 unspecified atom stereocenters. The van der Waals surface area contributed by atoms with Crippen LogP contribution in [0.1, 0.15) is 29.7 Å². The number of nitrogens with zero attached hydrogens (tertiary/aromatic N) is 2. The molecule has 0 spiro atoms. The smallest absolute Gasteiger partial charge is 0.100 e. The maximum absolute atomic E-state index is 8.67. The zero-order valence-electron chi connectivity index (χ0n) is 7.77. The predicted molar refractivity (Wildman–Crippen MR) is 60.5 cm³/mol. The van der Waals surface area contributed by atoms with E-state index in [1.165, 1.54) is 11.3 Å². The first kappa shape index (κ1) is 11.1. The van der Waals surface area contributed by atoms with Gasteiger partial charge in [-0.15, -0.1) is 11.3 Å². The Balaban J connectivity index is 2.90. The number of rotatable bonds is 3. The minimum atomic E-state index is 0.135. The first-order valence-electron chi connectivity index (χ1n) is 4.22. The van der Waals surface area contributed by atoms with Gasteiger partial charge < -0.3 is 0 Å². The Bertz CT molecular complexity index is 382. The molecule has 0 aliphatic rings. The second-order valence-corrected chi connectivity index (χ2v) is 4.82. The molecule has 1 heterocycles. The van der Waals surface area contributed by atoms with Crippen LogP contribution in [0.25, 0.3) is 0 Å².